The van der Waals surface area contributed by atoms with Gasteiger partial charge in [0.05, 0.1) is 38.8 Å². The Bertz CT molecular complexity index is 1680. The summed E-state index contributed by atoms with van der Waals surface area (Å²) in [6, 6.07) is 17.8. The summed E-state index contributed by atoms with van der Waals surface area (Å²) >= 11 is 1.59. The molecule has 9 heteroatoms. The molecular weight excluding hydrogens is 470 g/mol. The van der Waals surface area contributed by atoms with Crippen molar-refractivity contribution >= 4 is 39.3 Å². The average Bonchev–Trinajstić information content (AvgIpc) is 3.66. The highest BCUT2D eigenvalue weighted by atomic mass is 32.1. The summed E-state index contributed by atoms with van der Waals surface area (Å²) in [6.07, 6.45) is 5.27. The molecule has 1 aromatic carbocycles. The van der Waals surface area contributed by atoms with E-state index in [1.807, 2.05) is 69.2 Å². The van der Waals surface area contributed by atoms with E-state index in [0.29, 0.717) is 17.8 Å². The predicted molar refractivity (Wildman–Crippen MR) is 141 cm³/mol. The molecule has 0 radical (unpaired) electrons. The number of rotatable bonds is 6. The molecule has 0 aliphatic rings. The highest BCUT2D eigenvalue weighted by Gasteiger charge is 2.19. The van der Waals surface area contributed by atoms with E-state index in [9.17, 15) is 4.79 Å². The van der Waals surface area contributed by atoms with Crippen LogP contribution in [0.1, 0.15) is 35.8 Å². The summed E-state index contributed by atoms with van der Waals surface area (Å²) < 4.78 is 3.80. The monoisotopic (exact) mass is 493 g/mol. The number of carbonyl (C=O) groups is 1. The molecular formula is C27H23N7OS. The third kappa shape index (κ3) is 3.93. The van der Waals surface area contributed by atoms with Crippen LogP contribution in [0, 0.1) is 0 Å². The van der Waals surface area contributed by atoms with Gasteiger partial charge in [0.25, 0.3) is 5.91 Å². The highest BCUT2D eigenvalue weighted by molar-refractivity contribution is 7.13. The topological polar surface area (TPSA) is 90.5 Å². The number of pyridine rings is 2. The number of benzene rings is 1. The molecule has 0 spiro atoms. The Kier molecular flexibility index (Phi) is 5.54. The molecule has 6 rings (SSSR count). The van der Waals surface area contributed by atoms with Gasteiger partial charge in [0.15, 0.2) is 5.65 Å². The van der Waals surface area contributed by atoms with Crippen LogP contribution in [-0.2, 0) is 6.54 Å². The van der Waals surface area contributed by atoms with E-state index in [4.69, 9.17) is 4.98 Å². The maximum Gasteiger partial charge on any atom is 0.252 e. The second kappa shape index (κ2) is 9.01. The number of nitrogens with zero attached hydrogens (tertiary/aromatic N) is 6. The second-order valence-electron chi connectivity index (χ2n) is 8.76. The summed E-state index contributed by atoms with van der Waals surface area (Å²) in [5, 5.41) is 10.3. The minimum absolute atomic E-state index is 0.127. The van der Waals surface area contributed by atoms with Crippen LogP contribution in [0.5, 0.6) is 0 Å². The smallest absolute Gasteiger partial charge is 0.252 e. The van der Waals surface area contributed by atoms with Gasteiger partial charge in [-0.1, -0.05) is 24.3 Å². The number of hydrogen-bond donors (Lipinski definition) is 1. The Labute approximate surface area is 211 Å². The summed E-state index contributed by atoms with van der Waals surface area (Å²) in [5.41, 5.74) is 4.85. The third-order valence-electron chi connectivity index (χ3n) is 6.04. The Morgan fingerprint density at radius 3 is 2.72 bits per heavy atom. The molecule has 0 aliphatic carbocycles. The van der Waals surface area contributed by atoms with Crippen LogP contribution in [0.3, 0.4) is 0 Å². The molecule has 5 heterocycles. The molecule has 8 nitrogen and oxygen atoms in total. The number of amides is 1. The average molecular weight is 494 g/mol. The van der Waals surface area contributed by atoms with Crippen LogP contribution in [-0.4, -0.2) is 35.2 Å². The fraction of sp³-hybridized carbons (Fsp3) is 0.148. The van der Waals surface area contributed by atoms with E-state index in [1.165, 1.54) is 0 Å². The summed E-state index contributed by atoms with van der Waals surface area (Å²) in [4.78, 5) is 28.2. The zero-order valence-corrected chi connectivity index (χ0v) is 20.6. The SMILES string of the molecule is CC(C)n1ncc2c(C(=O)NCc3ccc(-n4cnc5ccccc54)nc3)cc(-c3cccs3)nc21. The summed E-state index contributed by atoms with van der Waals surface area (Å²) in [6.45, 7) is 4.46. The van der Waals surface area contributed by atoms with Gasteiger partial charge in [0, 0.05) is 18.8 Å². The maximum atomic E-state index is 13.3. The zero-order chi connectivity index (χ0) is 24.6. The highest BCUT2D eigenvalue weighted by Crippen LogP contribution is 2.29. The Morgan fingerprint density at radius 1 is 1.06 bits per heavy atom. The zero-order valence-electron chi connectivity index (χ0n) is 19.8. The molecule has 0 fully saturated rings. The van der Waals surface area contributed by atoms with Gasteiger partial charge in [0.2, 0.25) is 0 Å². The van der Waals surface area contributed by atoms with Crippen LogP contribution in [0.15, 0.2) is 78.7 Å². The van der Waals surface area contributed by atoms with E-state index < -0.39 is 0 Å². The lowest BCUT2D eigenvalue weighted by molar-refractivity contribution is 0.0952. The van der Waals surface area contributed by atoms with Crippen molar-refractivity contribution < 1.29 is 4.79 Å². The third-order valence-corrected chi connectivity index (χ3v) is 6.93. The number of aromatic nitrogens is 6. The van der Waals surface area contributed by atoms with E-state index in [0.717, 1.165) is 38.4 Å². The number of nitrogens with one attached hydrogen (secondary N) is 1. The summed E-state index contributed by atoms with van der Waals surface area (Å²) in [5.74, 6) is 0.601. The van der Waals surface area contributed by atoms with Crippen molar-refractivity contribution in [2.45, 2.75) is 26.4 Å². The molecule has 0 saturated heterocycles. The van der Waals surface area contributed by atoms with Gasteiger partial charge < -0.3 is 5.32 Å². The Morgan fingerprint density at radius 2 is 1.94 bits per heavy atom. The lowest BCUT2D eigenvalue weighted by Gasteiger charge is -2.11. The fourth-order valence-corrected chi connectivity index (χ4v) is 4.90. The number of para-hydroxylation sites is 2. The lowest BCUT2D eigenvalue weighted by Crippen LogP contribution is -2.23. The van der Waals surface area contributed by atoms with Crippen LogP contribution >= 0.6 is 11.3 Å². The van der Waals surface area contributed by atoms with Crippen molar-refractivity contribution in [2.24, 2.45) is 0 Å². The van der Waals surface area contributed by atoms with Crippen LogP contribution in [0.2, 0.25) is 0 Å². The molecule has 0 unspecified atom stereocenters. The molecule has 0 aliphatic heterocycles. The predicted octanol–water partition coefficient (Wildman–Crippen LogP) is 5.40. The Hall–Kier alpha value is -4.37. The number of thiophene rings is 1. The molecule has 0 atom stereocenters. The molecule has 1 amide bonds. The van der Waals surface area contributed by atoms with Crippen molar-refractivity contribution in [3.05, 3.63) is 89.8 Å². The van der Waals surface area contributed by atoms with Crippen molar-refractivity contribution in [3.63, 3.8) is 0 Å². The number of hydrogen-bond acceptors (Lipinski definition) is 6. The first-order chi connectivity index (χ1) is 17.6. The van der Waals surface area contributed by atoms with E-state index in [-0.39, 0.29) is 11.9 Å². The van der Waals surface area contributed by atoms with Gasteiger partial charge in [-0.25, -0.2) is 19.6 Å². The first-order valence-corrected chi connectivity index (χ1v) is 12.5. The van der Waals surface area contributed by atoms with Crippen molar-refractivity contribution in [1.29, 1.82) is 0 Å². The van der Waals surface area contributed by atoms with Crippen LogP contribution in [0.25, 0.3) is 38.5 Å². The number of carbonyl (C=O) groups excluding carboxylic acids is 1. The molecule has 36 heavy (non-hydrogen) atoms. The maximum absolute atomic E-state index is 13.3. The first kappa shape index (κ1) is 22.1. The standard InChI is InChI=1S/C27H23N7OS/c1-17(2)34-26-20(15-31-34)19(12-22(32-26)24-8-5-11-36-24)27(35)29-14-18-9-10-25(28-13-18)33-16-30-21-6-3-4-7-23(21)33/h3-13,15-17H,14H2,1-2H3,(H,29,35). The van der Waals surface area contributed by atoms with Crippen LogP contribution in [0.4, 0.5) is 0 Å². The second-order valence-corrected chi connectivity index (χ2v) is 9.71. The van der Waals surface area contributed by atoms with Gasteiger partial charge in [0.1, 0.15) is 12.1 Å². The van der Waals surface area contributed by atoms with Gasteiger partial charge in [-0.2, -0.15) is 5.10 Å². The number of fused-ring (bicyclic) bond motifs is 2. The minimum atomic E-state index is -0.173. The number of imidazole rings is 1. The van der Waals surface area contributed by atoms with Crippen molar-refractivity contribution in [3.8, 4) is 16.4 Å². The van der Waals surface area contributed by atoms with Crippen molar-refractivity contribution in [1.82, 2.24) is 34.6 Å². The van der Waals surface area contributed by atoms with E-state index in [1.54, 1.807) is 30.1 Å². The molecule has 178 valence electrons. The quantitative estimate of drug-likeness (QED) is 0.335. The summed E-state index contributed by atoms with van der Waals surface area (Å²) in [7, 11) is 0. The minimum Gasteiger partial charge on any atom is -0.348 e. The first-order valence-electron chi connectivity index (χ1n) is 11.7. The van der Waals surface area contributed by atoms with Gasteiger partial charge in [-0.15, -0.1) is 11.3 Å². The molecule has 0 saturated carbocycles. The van der Waals surface area contributed by atoms with E-state index in [2.05, 4.69) is 34.2 Å². The van der Waals surface area contributed by atoms with Gasteiger partial charge >= 0.3 is 0 Å². The molecule has 5 aromatic heterocycles. The molecule has 0 bridgehead atoms. The lowest BCUT2D eigenvalue weighted by atomic mass is 10.1. The molecule has 1 N–H and O–H groups in total. The van der Waals surface area contributed by atoms with E-state index >= 15 is 0 Å². The molecule has 6 aromatic rings. The largest absolute Gasteiger partial charge is 0.348 e. The normalized spacial score (nSPS) is 11.5. The van der Waals surface area contributed by atoms with Gasteiger partial charge in [-0.05, 0) is 55.1 Å². The van der Waals surface area contributed by atoms with Crippen molar-refractivity contribution in [2.75, 3.05) is 0 Å². The van der Waals surface area contributed by atoms with Crippen LogP contribution < -0.4 is 5.32 Å². The Balaban J connectivity index is 1.26. The fourth-order valence-electron chi connectivity index (χ4n) is 4.22. The van der Waals surface area contributed by atoms with Gasteiger partial charge in [-0.3, -0.25) is 9.36 Å².